The quantitative estimate of drug-likeness (QED) is 0.265. The van der Waals surface area contributed by atoms with Crippen LogP contribution in [0.3, 0.4) is 0 Å². The van der Waals surface area contributed by atoms with E-state index >= 15 is 0 Å². The molecule has 0 saturated carbocycles. The first-order valence-corrected chi connectivity index (χ1v) is 8.73. The molecule has 0 aliphatic heterocycles. The van der Waals surface area contributed by atoms with Crippen LogP contribution in [0.5, 0.6) is 5.75 Å². The average molecular weight is 395 g/mol. The molecule has 8 nitrogen and oxygen atoms in total. The summed E-state index contributed by atoms with van der Waals surface area (Å²) in [4.78, 5) is 22.2. The van der Waals surface area contributed by atoms with Crippen LogP contribution in [0.4, 0.5) is 0 Å². The molecular weight excluding hydrogens is 380 g/mol. The van der Waals surface area contributed by atoms with Crippen molar-refractivity contribution < 1.29 is 19.1 Å². The van der Waals surface area contributed by atoms with E-state index < -0.39 is 5.97 Å². The summed E-state index contributed by atoms with van der Waals surface area (Å²) >= 11 is 7.48. The molecule has 0 amide bonds. The van der Waals surface area contributed by atoms with Crippen molar-refractivity contribution in [1.29, 1.82) is 0 Å². The van der Waals surface area contributed by atoms with Gasteiger partial charge in [0.2, 0.25) is 11.4 Å². The van der Waals surface area contributed by atoms with Gasteiger partial charge in [0.1, 0.15) is 25.3 Å². The molecule has 2 heterocycles. The van der Waals surface area contributed by atoms with Crippen molar-refractivity contribution in [3.63, 3.8) is 0 Å². The fourth-order valence-corrected chi connectivity index (χ4v) is 3.49. The second kappa shape index (κ2) is 8.15. The molecule has 0 saturated heterocycles. The Morgan fingerprint density at radius 1 is 1.42 bits per heavy atom. The molecule has 0 radical (unpaired) electrons. The van der Waals surface area contributed by atoms with Gasteiger partial charge in [0.15, 0.2) is 0 Å². The molecule has 136 valence electrons. The fraction of sp³-hybridized carbons (Fsp3) is 0.250. The van der Waals surface area contributed by atoms with Crippen molar-refractivity contribution in [3.8, 4) is 5.75 Å². The third-order valence-corrected chi connectivity index (χ3v) is 4.70. The van der Waals surface area contributed by atoms with E-state index in [0.717, 1.165) is 11.3 Å². The van der Waals surface area contributed by atoms with Gasteiger partial charge in [-0.3, -0.25) is 4.79 Å². The van der Waals surface area contributed by atoms with Gasteiger partial charge in [-0.2, -0.15) is 5.10 Å². The number of para-hydroxylation sites is 1. The lowest BCUT2D eigenvalue weighted by Crippen LogP contribution is -2.10. The van der Waals surface area contributed by atoms with Crippen LogP contribution in [0.2, 0.25) is 5.02 Å². The molecule has 0 spiro atoms. The Morgan fingerprint density at radius 3 is 3.00 bits per heavy atom. The number of aryl methyl sites for hydroxylation is 1. The second-order valence-corrected chi connectivity index (χ2v) is 6.57. The number of hydrogen-bond donors (Lipinski definition) is 0. The van der Waals surface area contributed by atoms with Crippen LogP contribution in [-0.2, 0) is 27.4 Å². The van der Waals surface area contributed by atoms with Crippen molar-refractivity contribution in [2.45, 2.75) is 20.0 Å². The van der Waals surface area contributed by atoms with Crippen molar-refractivity contribution in [2.75, 3.05) is 7.11 Å². The van der Waals surface area contributed by atoms with Crippen molar-refractivity contribution >= 4 is 40.3 Å². The fourth-order valence-electron chi connectivity index (χ4n) is 2.21. The molecule has 10 heteroatoms. The number of nitrogens with zero attached hydrogens (tertiary/aromatic N) is 4. The highest BCUT2D eigenvalue weighted by atomic mass is 35.5. The van der Waals surface area contributed by atoms with Gasteiger partial charge in [-0.05, 0) is 19.1 Å². The van der Waals surface area contributed by atoms with Gasteiger partial charge in [0.05, 0.1) is 17.1 Å². The van der Waals surface area contributed by atoms with E-state index in [9.17, 15) is 4.79 Å². The minimum absolute atomic E-state index is 0.0334. The van der Waals surface area contributed by atoms with Crippen LogP contribution in [0.25, 0.3) is 4.96 Å². The zero-order valence-corrected chi connectivity index (χ0v) is 15.6. The Balaban J connectivity index is 1.83. The lowest BCUT2D eigenvalue weighted by Gasteiger charge is -2.08. The van der Waals surface area contributed by atoms with E-state index in [1.165, 1.54) is 18.4 Å². The molecule has 0 unspecified atom stereocenters. The number of fused-ring (bicyclic) bond motifs is 1. The smallest absolute Gasteiger partial charge is 0.317 e. The van der Waals surface area contributed by atoms with E-state index in [0.29, 0.717) is 27.3 Å². The summed E-state index contributed by atoms with van der Waals surface area (Å²) in [5, 5.41) is 8.23. The average Bonchev–Trinajstić information content (AvgIpc) is 3.10. The summed E-state index contributed by atoms with van der Waals surface area (Å²) < 4.78 is 12.3. The summed E-state index contributed by atoms with van der Waals surface area (Å²) in [5.74, 6) is 0.703. The number of aromatic nitrogens is 3. The number of halogens is 1. The van der Waals surface area contributed by atoms with E-state index in [2.05, 4.69) is 20.1 Å². The van der Waals surface area contributed by atoms with Crippen molar-refractivity contribution in [3.05, 3.63) is 45.7 Å². The third kappa shape index (κ3) is 4.12. The van der Waals surface area contributed by atoms with Crippen molar-refractivity contribution in [1.82, 2.24) is 14.6 Å². The highest BCUT2D eigenvalue weighted by Crippen LogP contribution is 2.27. The molecule has 1 aromatic carbocycles. The summed E-state index contributed by atoms with van der Waals surface area (Å²) in [7, 11) is 1.36. The molecule has 0 bridgehead atoms. The largest absolute Gasteiger partial charge is 0.486 e. The van der Waals surface area contributed by atoms with Gasteiger partial charge in [-0.1, -0.05) is 40.2 Å². The number of rotatable bonds is 7. The predicted molar refractivity (Wildman–Crippen MR) is 96.7 cm³/mol. The highest BCUT2D eigenvalue weighted by Gasteiger charge is 2.19. The maximum absolute atomic E-state index is 12.0. The molecule has 0 aliphatic carbocycles. The van der Waals surface area contributed by atoms with Crippen LogP contribution in [0.15, 0.2) is 29.4 Å². The molecular formula is C16H15ClN4O4S. The standard InChI is InChI=1S/C16H15ClN4O4S/c1-10-19-16-21(20-10)12(8-24-13-6-4-3-5-11(13)17)14(26-16)7-15(22)25-9-18-23-2/h3-6,9H,7-8H2,1-2H3. The summed E-state index contributed by atoms with van der Waals surface area (Å²) in [6.07, 6.45) is 0.981. The lowest BCUT2D eigenvalue weighted by atomic mass is 10.3. The Hall–Kier alpha value is -2.65. The Labute approximate surface area is 157 Å². The number of carbonyl (C=O) groups is 1. The molecule has 3 aromatic rings. The summed E-state index contributed by atoms with van der Waals surface area (Å²) in [6, 6.07) is 7.17. The molecule has 0 fully saturated rings. The number of oxime groups is 1. The summed E-state index contributed by atoms with van der Waals surface area (Å²) in [6.45, 7) is 1.98. The van der Waals surface area contributed by atoms with E-state index in [1.54, 1.807) is 23.6 Å². The molecule has 0 aliphatic rings. The number of carbonyl (C=O) groups excluding carboxylic acids is 1. The number of thiazole rings is 1. The normalized spacial score (nSPS) is 11.2. The minimum atomic E-state index is -0.481. The minimum Gasteiger partial charge on any atom is -0.486 e. The molecule has 2 aromatic heterocycles. The van der Waals surface area contributed by atoms with Gasteiger partial charge >= 0.3 is 5.97 Å². The molecule has 26 heavy (non-hydrogen) atoms. The first-order chi connectivity index (χ1) is 12.6. The molecule has 0 N–H and O–H groups in total. The maximum atomic E-state index is 12.0. The van der Waals surface area contributed by atoms with Crippen LogP contribution in [0, 0.1) is 6.92 Å². The van der Waals surface area contributed by atoms with E-state index in [4.69, 9.17) is 21.1 Å². The van der Waals surface area contributed by atoms with E-state index in [1.807, 2.05) is 12.1 Å². The Morgan fingerprint density at radius 2 is 2.23 bits per heavy atom. The van der Waals surface area contributed by atoms with E-state index in [-0.39, 0.29) is 13.0 Å². The number of esters is 1. The molecule has 0 atom stereocenters. The maximum Gasteiger partial charge on any atom is 0.317 e. The van der Waals surface area contributed by atoms with Gasteiger partial charge in [0.25, 0.3) is 0 Å². The predicted octanol–water partition coefficient (Wildman–Crippen LogP) is 3.01. The second-order valence-electron chi connectivity index (χ2n) is 5.10. The number of benzene rings is 1. The number of ether oxygens (including phenoxy) is 2. The number of hydrogen-bond acceptors (Lipinski definition) is 8. The SMILES string of the molecule is CON=COC(=O)Cc1sc2nc(C)nn2c1COc1ccccc1Cl. The highest BCUT2D eigenvalue weighted by molar-refractivity contribution is 7.17. The third-order valence-electron chi connectivity index (χ3n) is 3.31. The zero-order valence-electron chi connectivity index (χ0n) is 14.0. The topological polar surface area (TPSA) is 87.3 Å². The summed E-state index contributed by atoms with van der Waals surface area (Å²) in [5.41, 5.74) is 0.714. The first kappa shape index (κ1) is 18.2. The lowest BCUT2D eigenvalue weighted by molar-refractivity contribution is -0.134. The van der Waals surface area contributed by atoms with Crippen LogP contribution >= 0.6 is 22.9 Å². The monoisotopic (exact) mass is 394 g/mol. The zero-order chi connectivity index (χ0) is 18.5. The van der Waals surface area contributed by atoms with Gasteiger partial charge in [-0.15, -0.1) is 0 Å². The van der Waals surface area contributed by atoms with Crippen LogP contribution < -0.4 is 4.74 Å². The first-order valence-electron chi connectivity index (χ1n) is 7.54. The van der Waals surface area contributed by atoms with Gasteiger partial charge in [0, 0.05) is 4.88 Å². The van der Waals surface area contributed by atoms with Crippen LogP contribution in [-0.4, -0.2) is 34.1 Å². The van der Waals surface area contributed by atoms with Crippen LogP contribution in [0.1, 0.15) is 16.4 Å². The van der Waals surface area contributed by atoms with Gasteiger partial charge in [-0.25, -0.2) is 9.50 Å². The van der Waals surface area contributed by atoms with Gasteiger partial charge < -0.3 is 14.3 Å². The Kier molecular flexibility index (Phi) is 5.69. The molecule has 3 rings (SSSR count). The van der Waals surface area contributed by atoms with Crippen molar-refractivity contribution in [2.24, 2.45) is 5.16 Å². The Bertz CT molecular complexity index is 953.